The summed E-state index contributed by atoms with van der Waals surface area (Å²) in [5.41, 5.74) is 5.33. The van der Waals surface area contributed by atoms with Gasteiger partial charge in [-0.05, 0) is 85.4 Å². The maximum absolute atomic E-state index is 12.8. The lowest BCUT2D eigenvalue weighted by atomic mass is 10.0. The number of carboxylic acid groups (broad SMARTS) is 1. The summed E-state index contributed by atoms with van der Waals surface area (Å²) in [6, 6.07) is 12.9. The van der Waals surface area contributed by atoms with Crippen molar-refractivity contribution in [1.82, 2.24) is 0 Å². The molecule has 0 saturated heterocycles. The third kappa shape index (κ3) is 9.26. The highest BCUT2D eigenvalue weighted by Gasteiger charge is 2.12. The van der Waals surface area contributed by atoms with Crippen molar-refractivity contribution in [2.24, 2.45) is 5.92 Å². The number of carbonyl (C=O) groups excluding carboxylic acids is 1. The van der Waals surface area contributed by atoms with Crippen LogP contribution in [-0.2, 0) is 4.79 Å². The van der Waals surface area contributed by atoms with Gasteiger partial charge in [0.15, 0.2) is 0 Å². The molecule has 0 aromatic heterocycles. The number of carboxylic acids is 1. The topological polar surface area (TPSA) is 99.5 Å². The van der Waals surface area contributed by atoms with Gasteiger partial charge in [0.2, 0.25) is 0 Å². The highest BCUT2D eigenvalue weighted by atomic mass is 16.5. The van der Waals surface area contributed by atoms with E-state index in [1.54, 1.807) is 37.3 Å². The molecule has 1 unspecified atom stereocenters. The molecule has 192 valence electrons. The lowest BCUT2D eigenvalue weighted by Crippen LogP contribution is -2.13. The Morgan fingerprint density at radius 1 is 1.19 bits per heavy atom. The largest absolute Gasteiger partial charge is 0.489 e. The second-order valence-electron chi connectivity index (χ2n) is 8.64. The fraction of sp³-hybridized carbons (Fsp3) is 0.194. The molecular formula is C31H34N2O4. The van der Waals surface area contributed by atoms with Crippen LogP contribution in [0.2, 0.25) is 0 Å². The molecule has 2 aromatic rings. The minimum atomic E-state index is -1.10. The number of allylic oxidation sites excluding steroid dienone is 5. The number of benzene rings is 2. The SMILES string of the molecule is C=CCC=C/C(=C\C(=C)/C(C)=C/C(C=N)C(=O)O)COc1cccc(C(=O)Nc2cc(C)ccc2C)c1. The third-order valence-corrected chi connectivity index (χ3v) is 5.54. The van der Waals surface area contributed by atoms with Gasteiger partial charge in [-0.25, -0.2) is 0 Å². The fourth-order valence-corrected chi connectivity index (χ4v) is 3.32. The van der Waals surface area contributed by atoms with Crippen LogP contribution >= 0.6 is 0 Å². The Morgan fingerprint density at radius 3 is 2.62 bits per heavy atom. The van der Waals surface area contributed by atoms with Crippen molar-refractivity contribution in [3.05, 3.63) is 119 Å². The average molecular weight is 499 g/mol. The Bertz CT molecular complexity index is 1270. The van der Waals surface area contributed by atoms with Crippen LogP contribution in [0, 0.1) is 25.2 Å². The number of aryl methyl sites for hydroxylation is 2. The summed E-state index contributed by atoms with van der Waals surface area (Å²) in [5, 5.41) is 19.5. The Hall–Kier alpha value is -4.45. The number of nitrogens with one attached hydrogen (secondary N) is 2. The minimum absolute atomic E-state index is 0.203. The number of carbonyl (C=O) groups is 2. The highest BCUT2D eigenvalue weighted by molar-refractivity contribution is 6.04. The van der Waals surface area contributed by atoms with Crippen LogP contribution in [0.15, 0.2) is 103 Å². The minimum Gasteiger partial charge on any atom is -0.489 e. The molecule has 0 saturated carbocycles. The van der Waals surface area contributed by atoms with E-state index in [-0.39, 0.29) is 12.5 Å². The molecule has 0 radical (unpaired) electrons. The predicted octanol–water partition coefficient (Wildman–Crippen LogP) is 6.85. The van der Waals surface area contributed by atoms with Crippen molar-refractivity contribution in [2.45, 2.75) is 27.2 Å². The Morgan fingerprint density at radius 2 is 1.95 bits per heavy atom. The van der Waals surface area contributed by atoms with Crippen molar-refractivity contribution < 1.29 is 19.4 Å². The summed E-state index contributed by atoms with van der Waals surface area (Å²) >= 11 is 0. The van der Waals surface area contributed by atoms with E-state index in [2.05, 4.69) is 18.5 Å². The van der Waals surface area contributed by atoms with Gasteiger partial charge in [-0.2, -0.15) is 0 Å². The lowest BCUT2D eigenvalue weighted by molar-refractivity contribution is -0.137. The van der Waals surface area contributed by atoms with Gasteiger partial charge in [-0.1, -0.05) is 49.1 Å². The zero-order valence-electron chi connectivity index (χ0n) is 21.6. The summed E-state index contributed by atoms with van der Waals surface area (Å²) in [7, 11) is 0. The number of rotatable bonds is 13. The second-order valence-corrected chi connectivity index (χ2v) is 8.64. The van der Waals surface area contributed by atoms with E-state index in [1.165, 1.54) is 6.08 Å². The average Bonchev–Trinajstić information content (AvgIpc) is 2.87. The van der Waals surface area contributed by atoms with Gasteiger partial charge in [0, 0.05) is 17.5 Å². The smallest absolute Gasteiger partial charge is 0.315 e. The molecule has 0 fully saturated rings. The molecule has 3 N–H and O–H groups in total. The molecule has 2 rings (SSSR count). The molecule has 0 heterocycles. The molecule has 0 aliphatic carbocycles. The van der Waals surface area contributed by atoms with Gasteiger partial charge in [-0.3, -0.25) is 9.59 Å². The van der Waals surface area contributed by atoms with Gasteiger partial charge in [0.05, 0.1) is 0 Å². The van der Waals surface area contributed by atoms with Gasteiger partial charge in [-0.15, -0.1) is 6.58 Å². The van der Waals surface area contributed by atoms with Crippen molar-refractivity contribution >= 4 is 23.8 Å². The van der Waals surface area contributed by atoms with Gasteiger partial charge in [0.25, 0.3) is 5.91 Å². The standard InChI is InChI=1S/C31H34N2O4/c1-6-7-8-10-25(16-23(4)24(5)17-27(19-32)31(35)36)20-37-28-12-9-11-26(18-28)30(34)33-29-15-21(2)13-14-22(29)3/h6,8-19,27,32H,1,4,7,20H2,2-3,5H3,(H,33,34)(H,35,36)/b10-8?,24-17+,25-16+,32-19?. The Kier molecular flexibility index (Phi) is 11.0. The Balaban J connectivity index is 2.19. The summed E-state index contributed by atoms with van der Waals surface area (Å²) in [5.74, 6) is -1.81. The number of hydrogen-bond acceptors (Lipinski definition) is 4. The first-order valence-corrected chi connectivity index (χ1v) is 11.8. The maximum Gasteiger partial charge on any atom is 0.315 e. The van der Waals surface area contributed by atoms with E-state index in [4.69, 9.17) is 10.1 Å². The van der Waals surface area contributed by atoms with Crippen LogP contribution in [0.25, 0.3) is 0 Å². The van der Waals surface area contributed by atoms with Gasteiger partial charge >= 0.3 is 5.97 Å². The second kappa shape index (κ2) is 14.2. The van der Waals surface area contributed by atoms with E-state index in [0.29, 0.717) is 28.9 Å². The van der Waals surface area contributed by atoms with E-state index in [0.717, 1.165) is 28.6 Å². The lowest BCUT2D eigenvalue weighted by Gasteiger charge is -2.12. The van der Waals surface area contributed by atoms with Gasteiger partial charge in [0.1, 0.15) is 18.3 Å². The maximum atomic E-state index is 12.8. The number of amides is 1. The van der Waals surface area contributed by atoms with Crippen molar-refractivity contribution in [2.75, 3.05) is 11.9 Å². The number of anilines is 1. The molecule has 37 heavy (non-hydrogen) atoms. The van der Waals surface area contributed by atoms with Crippen molar-refractivity contribution in [1.29, 1.82) is 5.41 Å². The van der Waals surface area contributed by atoms with E-state index in [1.807, 2.05) is 50.3 Å². The molecule has 0 aliphatic rings. The molecule has 0 bridgehead atoms. The molecule has 0 aliphatic heterocycles. The first-order chi connectivity index (χ1) is 17.6. The number of ether oxygens (including phenoxy) is 1. The zero-order chi connectivity index (χ0) is 27.4. The molecular weight excluding hydrogens is 464 g/mol. The summed E-state index contributed by atoms with van der Waals surface area (Å²) < 4.78 is 5.99. The first kappa shape index (κ1) is 28.8. The molecule has 6 heteroatoms. The highest BCUT2D eigenvalue weighted by Crippen LogP contribution is 2.21. The molecule has 1 atom stereocenters. The van der Waals surface area contributed by atoms with Crippen molar-refractivity contribution in [3.8, 4) is 5.75 Å². The quantitative estimate of drug-likeness (QED) is 0.160. The van der Waals surface area contributed by atoms with E-state index < -0.39 is 11.9 Å². The van der Waals surface area contributed by atoms with Crippen LogP contribution < -0.4 is 10.1 Å². The van der Waals surface area contributed by atoms with Crippen LogP contribution in [0.5, 0.6) is 5.75 Å². The van der Waals surface area contributed by atoms with E-state index in [9.17, 15) is 14.7 Å². The van der Waals surface area contributed by atoms with Gasteiger partial charge < -0.3 is 20.6 Å². The van der Waals surface area contributed by atoms with Crippen LogP contribution in [0.1, 0.15) is 34.8 Å². The van der Waals surface area contributed by atoms with E-state index >= 15 is 0 Å². The summed E-state index contributed by atoms with van der Waals surface area (Å²) in [4.78, 5) is 24.1. The number of aliphatic carboxylic acids is 1. The molecule has 0 spiro atoms. The molecule has 1 amide bonds. The molecule has 2 aromatic carbocycles. The zero-order valence-corrected chi connectivity index (χ0v) is 21.6. The van der Waals surface area contributed by atoms with Crippen molar-refractivity contribution in [3.63, 3.8) is 0 Å². The predicted molar refractivity (Wildman–Crippen MR) is 151 cm³/mol. The van der Waals surface area contributed by atoms with Crippen LogP contribution in [0.4, 0.5) is 5.69 Å². The summed E-state index contributed by atoms with van der Waals surface area (Å²) in [6.07, 6.45) is 10.4. The van der Waals surface area contributed by atoms with Crippen LogP contribution in [0.3, 0.4) is 0 Å². The Labute approximate surface area is 218 Å². The van der Waals surface area contributed by atoms with Crippen LogP contribution in [-0.4, -0.2) is 29.8 Å². The molecule has 6 nitrogen and oxygen atoms in total. The number of hydrogen-bond donors (Lipinski definition) is 3. The first-order valence-electron chi connectivity index (χ1n) is 11.8. The normalized spacial score (nSPS) is 12.6. The monoisotopic (exact) mass is 498 g/mol. The fourth-order valence-electron chi connectivity index (χ4n) is 3.32. The third-order valence-electron chi connectivity index (χ3n) is 5.54. The summed E-state index contributed by atoms with van der Waals surface area (Å²) in [6.45, 7) is 13.6.